The number of rotatable bonds is 9. The molecule has 0 aliphatic carbocycles. The zero-order valence-corrected chi connectivity index (χ0v) is 22.4. The third kappa shape index (κ3) is 6.41. The molecule has 0 bridgehead atoms. The predicted octanol–water partition coefficient (Wildman–Crippen LogP) is 3.39. The SMILES string of the molecule is CNC(=O)[C@H](C)N(Cc1ccc(Cl)cc1Cl)C(=O)CN(c1cc(C)ccc1C)S(=O)(=O)N(C)C. The van der Waals surface area contributed by atoms with Crippen LogP contribution in [0.25, 0.3) is 0 Å². The van der Waals surface area contributed by atoms with E-state index in [1.807, 2.05) is 13.0 Å². The Labute approximate surface area is 211 Å². The molecule has 1 atom stereocenters. The fourth-order valence-corrected chi connectivity index (χ4v) is 4.90. The van der Waals surface area contributed by atoms with Crippen LogP contribution in [-0.4, -0.2) is 63.2 Å². The van der Waals surface area contributed by atoms with Crippen LogP contribution in [0.2, 0.25) is 10.0 Å². The highest BCUT2D eigenvalue weighted by Crippen LogP contribution is 2.27. The molecule has 186 valence electrons. The molecule has 2 aromatic rings. The van der Waals surface area contributed by atoms with Gasteiger partial charge in [-0.3, -0.25) is 9.59 Å². The van der Waals surface area contributed by atoms with E-state index in [-0.39, 0.29) is 6.54 Å². The van der Waals surface area contributed by atoms with Crippen LogP contribution in [0.3, 0.4) is 0 Å². The summed E-state index contributed by atoms with van der Waals surface area (Å²) in [4.78, 5) is 27.3. The maximum atomic E-state index is 13.6. The number of aryl methyl sites for hydroxylation is 2. The highest BCUT2D eigenvalue weighted by Gasteiger charge is 2.33. The Morgan fingerprint density at radius 1 is 1.06 bits per heavy atom. The number of nitrogens with zero attached hydrogens (tertiary/aromatic N) is 3. The topological polar surface area (TPSA) is 90.0 Å². The first-order chi connectivity index (χ1) is 15.8. The molecule has 2 rings (SSSR count). The lowest BCUT2D eigenvalue weighted by molar-refractivity contribution is -0.139. The number of halogens is 2. The van der Waals surface area contributed by atoms with Gasteiger partial charge in [-0.15, -0.1) is 0 Å². The van der Waals surface area contributed by atoms with Crippen LogP contribution in [-0.2, 0) is 26.3 Å². The Balaban J connectivity index is 2.53. The van der Waals surface area contributed by atoms with Crippen molar-refractivity contribution in [2.24, 2.45) is 0 Å². The van der Waals surface area contributed by atoms with Gasteiger partial charge in [0.25, 0.3) is 0 Å². The number of carbonyl (C=O) groups excluding carboxylic acids is 2. The van der Waals surface area contributed by atoms with Gasteiger partial charge in [0, 0.05) is 37.7 Å². The van der Waals surface area contributed by atoms with Crippen LogP contribution >= 0.6 is 23.2 Å². The van der Waals surface area contributed by atoms with Crippen LogP contribution in [0.5, 0.6) is 0 Å². The molecule has 2 aromatic carbocycles. The Hall–Kier alpha value is -2.33. The normalized spacial score (nSPS) is 12.4. The molecule has 0 heterocycles. The van der Waals surface area contributed by atoms with Crippen molar-refractivity contribution in [3.8, 4) is 0 Å². The highest BCUT2D eigenvalue weighted by atomic mass is 35.5. The summed E-state index contributed by atoms with van der Waals surface area (Å²) in [5, 5.41) is 3.30. The molecular weight excluding hydrogens is 499 g/mol. The lowest BCUT2D eigenvalue weighted by Gasteiger charge is -2.33. The van der Waals surface area contributed by atoms with Gasteiger partial charge in [-0.05, 0) is 55.7 Å². The zero-order chi connectivity index (χ0) is 25.8. The van der Waals surface area contributed by atoms with Crippen molar-refractivity contribution in [2.75, 3.05) is 32.0 Å². The minimum atomic E-state index is -4.02. The summed E-state index contributed by atoms with van der Waals surface area (Å²) in [5.41, 5.74) is 2.49. The molecule has 0 aliphatic rings. The van der Waals surface area contributed by atoms with Gasteiger partial charge in [-0.2, -0.15) is 12.7 Å². The van der Waals surface area contributed by atoms with Crippen molar-refractivity contribution in [1.82, 2.24) is 14.5 Å². The zero-order valence-electron chi connectivity index (χ0n) is 20.1. The van der Waals surface area contributed by atoms with Crippen LogP contribution < -0.4 is 9.62 Å². The smallest absolute Gasteiger partial charge is 0.304 e. The molecule has 0 saturated heterocycles. The number of amides is 2. The average molecular weight is 529 g/mol. The summed E-state index contributed by atoms with van der Waals surface area (Å²) in [6.07, 6.45) is 0. The lowest BCUT2D eigenvalue weighted by atomic mass is 10.1. The van der Waals surface area contributed by atoms with Gasteiger partial charge in [0.1, 0.15) is 12.6 Å². The number of anilines is 1. The van der Waals surface area contributed by atoms with Gasteiger partial charge >= 0.3 is 10.2 Å². The fourth-order valence-electron chi connectivity index (χ4n) is 3.31. The third-order valence-electron chi connectivity index (χ3n) is 5.42. The number of benzene rings is 2. The van der Waals surface area contributed by atoms with Gasteiger partial charge in [0.15, 0.2) is 0 Å². The van der Waals surface area contributed by atoms with Crippen molar-refractivity contribution in [3.05, 3.63) is 63.1 Å². The summed E-state index contributed by atoms with van der Waals surface area (Å²) < 4.78 is 28.6. The Bertz CT molecular complexity index is 1170. The number of hydrogen-bond donors (Lipinski definition) is 1. The largest absolute Gasteiger partial charge is 0.357 e. The minimum Gasteiger partial charge on any atom is -0.357 e. The van der Waals surface area contributed by atoms with Crippen molar-refractivity contribution < 1.29 is 18.0 Å². The van der Waals surface area contributed by atoms with Crippen LogP contribution in [0.4, 0.5) is 5.69 Å². The molecule has 34 heavy (non-hydrogen) atoms. The van der Waals surface area contributed by atoms with E-state index in [9.17, 15) is 18.0 Å². The molecule has 0 aromatic heterocycles. The van der Waals surface area contributed by atoms with Crippen molar-refractivity contribution in [2.45, 2.75) is 33.4 Å². The fraction of sp³-hybridized carbons (Fsp3) is 0.391. The number of likely N-dealkylation sites (N-methyl/N-ethyl adjacent to an activating group) is 1. The predicted molar refractivity (Wildman–Crippen MR) is 136 cm³/mol. The summed E-state index contributed by atoms with van der Waals surface area (Å²) >= 11 is 12.3. The summed E-state index contributed by atoms with van der Waals surface area (Å²) in [6.45, 7) is 4.68. The molecule has 0 radical (unpaired) electrons. The molecule has 1 N–H and O–H groups in total. The molecule has 2 amide bonds. The maximum absolute atomic E-state index is 13.6. The molecule has 0 saturated carbocycles. The quantitative estimate of drug-likeness (QED) is 0.540. The van der Waals surface area contributed by atoms with Crippen LogP contribution in [0.15, 0.2) is 36.4 Å². The molecule has 0 fully saturated rings. The van der Waals surface area contributed by atoms with E-state index in [0.717, 1.165) is 14.2 Å². The first kappa shape index (κ1) is 27.9. The Morgan fingerprint density at radius 3 is 2.26 bits per heavy atom. The summed E-state index contributed by atoms with van der Waals surface area (Å²) in [7, 11) is 0.243. The van der Waals surface area contributed by atoms with E-state index in [4.69, 9.17) is 23.2 Å². The first-order valence-corrected chi connectivity index (χ1v) is 12.7. The standard InChI is InChI=1S/C23H30Cl2N4O4S/c1-15-7-8-16(2)21(11-15)29(34(32,33)27(5)6)14-22(30)28(17(3)23(31)26-4)13-18-9-10-19(24)12-20(18)25/h7-12,17H,13-14H2,1-6H3,(H,26,31)/t17-/m0/s1. The summed E-state index contributed by atoms with van der Waals surface area (Å²) in [5.74, 6) is -0.958. The molecule has 0 spiro atoms. The van der Waals surface area contributed by atoms with Crippen molar-refractivity contribution >= 4 is 50.9 Å². The first-order valence-electron chi connectivity index (χ1n) is 10.5. The number of carbonyl (C=O) groups is 2. The monoisotopic (exact) mass is 528 g/mol. The molecule has 11 heteroatoms. The average Bonchev–Trinajstić information content (AvgIpc) is 2.77. The molecule has 8 nitrogen and oxygen atoms in total. The van der Waals surface area contributed by atoms with E-state index in [1.165, 1.54) is 26.0 Å². The van der Waals surface area contributed by atoms with Gasteiger partial charge in [0.05, 0.1) is 5.69 Å². The minimum absolute atomic E-state index is 0.00786. The van der Waals surface area contributed by atoms with E-state index < -0.39 is 34.6 Å². The number of hydrogen-bond acceptors (Lipinski definition) is 4. The Kier molecular flexibility index (Phi) is 9.36. The van der Waals surface area contributed by atoms with Crippen LogP contribution in [0, 0.1) is 13.8 Å². The summed E-state index contributed by atoms with van der Waals surface area (Å²) in [6, 6.07) is 9.34. The second-order valence-corrected chi connectivity index (χ2v) is 11.0. The van der Waals surface area contributed by atoms with E-state index in [0.29, 0.717) is 26.9 Å². The van der Waals surface area contributed by atoms with E-state index in [1.54, 1.807) is 44.2 Å². The third-order valence-corrected chi connectivity index (χ3v) is 7.81. The van der Waals surface area contributed by atoms with E-state index >= 15 is 0 Å². The van der Waals surface area contributed by atoms with Gasteiger partial charge < -0.3 is 10.2 Å². The molecular formula is C23H30Cl2N4O4S. The van der Waals surface area contributed by atoms with Gasteiger partial charge in [-0.25, -0.2) is 4.31 Å². The second-order valence-electron chi connectivity index (χ2n) is 8.13. The lowest BCUT2D eigenvalue weighted by Crippen LogP contribution is -2.52. The Morgan fingerprint density at radius 2 is 1.71 bits per heavy atom. The van der Waals surface area contributed by atoms with Gasteiger partial charge in [0.2, 0.25) is 11.8 Å². The van der Waals surface area contributed by atoms with Crippen LogP contribution in [0.1, 0.15) is 23.6 Å². The van der Waals surface area contributed by atoms with E-state index in [2.05, 4.69) is 5.32 Å². The molecule has 0 unspecified atom stereocenters. The van der Waals surface area contributed by atoms with Crippen molar-refractivity contribution in [3.63, 3.8) is 0 Å². The number of nitrogens with one attached hydrogen (secondary N) is 1. The maximum Gasteiger partial charge on any atom is 0.304 e. The second kappa shape index (κ2) is 11.4. The molecule has 0 aliphatic heterocycles. The van der Waals surface area contributed by atoms with Crippen molar-refractivity contribution in [1.29, 1.82) is 0 Å². The van der Waals surface area contributed by atoms with Gasteiger partial charge in [-0.1, -0.05) is 41.4 Å². The highest BCUT2D eigenvalue weighted by molar-refractivity contribution is 7.90.